The molecule has 80 valence electrons. The predicted octanol–water partition coefficient (Wildman–Crippen LogP) is 1.97. The fourth-order valence-corrected chi connectivity index (χ4v) is 2.60. The van der Waals surface area contributed by atoms with Crippen molar-refractivity contribution in [2.75, 3.05) is 13.2 Å². The van der Waals surface area contributed by atoms with Gasteiger partial charge in [0, 0.05) is 12.6 Å². The molecule has 0 amide bonds. The fraction of sp³-hybridized carbons (Fsp3) is 0.833. The molecule has 3 unspecified atom stereocenters. The molecule has 3 atom stereocenters. The molecule has 14 heavy (non-hydrogen) atoms. The van der Waals surface area contributed by atoms with E-state index >= 15 is 0 Å². The third-order valence-corrected chi connectivity index (χ3v) is 3.41. The first kappa shape index (κ1) is 10.2. The van der Waals surface area contributed by atoms with Gasteiger partial charge >= 0.3 is 0 Å². The summed E-state index contributed by atoms with van der Waals surface area (Å²) in [6.45, 7) is 6.49. The molecule has 1 saturated heterocycles. The summed E-state index contributed by atoms with van der Waals surface area (Å²) in [7, 11) is 0. The highest BCUT2D eigenvalue weighted by Crippen LogP contribution is 2.28. The van der Waals surface area contributed by atoms with Gasteiger partial charge in [-0.3, -0.25) is 0 Å². The van der Waals surface area contributed by atoms with E-state index in [1.54, 1.807) is 0 Å². The quantitative estimate of drug-likeness (QED) is 0.646. The van der Waals surface area contributed by atoms with Crippen LogP contribution < -0.4 is 5.32 Å². The zero-order valence-corrected chi connectivity index (χ0v) is 9.20. The van der Waals surface area contributed by atoms with Gasteiger partial charge in [-0.25, -0.2) is 0 Å². The highest BCUT2D eigenvalue weighted by Gasteiger charge is 2.37. The molecule has 2 rings (SSSR count). The van der Waals surface area contributed by atoms with E-state index < -0.39 is 0 Å². The first-order valence-electron chi connectivity index (χ1n) is 5.79. The van der Waals surface area contributed by atoms with Crippen molar-refractivity contribution in [3.8, 4) is 0 Å². The molecule has 0 aromatic carbocycles. The Morgan fingerprint density at radius 3 is 3.00 bits per heavy atom. The van der Waals surface area contributed by atoms with Crippen LogP contribution in [0.5, 0.6) is 0 Å². The van der Waals surface area contributed by atoms with E-state index in [0.717, 1.165) is 19.1 Å². The summed E-state index contributed by atoms with van der Waals surface area (Å²) >= 11 is 0. The van der Waals surface area contributed by atoms with Crippen LogP contribution in [0.15, 0.2) is 12.2 Å². The summed E-state index contributed by atoms with van der Waals surface area (Å²) in [6, 6.07) is 0.562. The molecular formula is C12H21NO. The highest BCUT2D eigenvalue weighted by molar-refractivity contribution is 4.97. The van der Waals surface area contributed by atoms with Gasteiger partial charge in [0.05, 0.1) is 12.7 Å². The number of ether oxygens (including phenoxy) is 1. The largest absolute Gasteiger partial charge is 0.372 e. The molecule has 2 aliphatic heterocycles. The van der Waals surface area contributed by atoms with Crippen LogP contribution in [0, 0.1) is 11.8 Å². The summed E-state index contributed by atoms with van der Waals surface area (Å²) in [5.74, 6) is 1.40. The summed E-state index contributed by atoms with van der Waals surface area (Å²) < 4.78 is 5.93. The van der Waals surface area contributed by atoms with Crippen LogP contribution in [0.4, 0.5) is 0 Å². The van der Waals surface area contributed by atoms with E-state index in [0.29, 0.717) is 18.1 Å². The average Bonchev–Trinajstić information content (AvgIpc) is 2.47. The average molecular weight is 195 g/mol. The first-order valence-corrected chi connectivity index (χ1v) is 5.79. The van der Waals surface area contributed by atoms with E-state index in [-0.39, 0.29) is 0 Å². The van der Waals surface area contributed by atoms with Crippen LogP contribution in [-0.2, 0) is 4.74 Å². The van der Waals surface area contributed by atoms with Crippen LogP contribution in [0.3, 0.4) is 0 Å². The van der Waals surface area contributed by atoms with Gasteiger partial charge < -0.3 is 10.1 Å². The molecule has 0 spiro atoms. The molecule has 0 aromatic rings. The zero-order valence-electron chi connectivity index (χ0n) is 9.20. The minimum Gasteiger partial charge on any atom is -0.372 e. The minimum atomic E-state index is 0.444. The number of nitrogens with one attached hydrogen (secondary N) is 1. The van der Waals surface area contributed by atoms with Gasteiger partial charge in [-0.2, -0.15) is 0 Å². The van der Waals surface area contributed by atoms with Crippen molar-refractivity contribution < 1.29 is 4.74 Å². The Bertz CT molecular complexity index is 212. The van der Waals surface area contributed by atoms with E-state index in [2.05, 4.69) is 31.3 Å². The number of fused-ring (bicyclic) bond motifs is 1. The Hall–Kier alpha value is -0.340. The molecule has 2 nitrogen and oxygen atoms in total. The third kappa shape index (κ3) is 2.01. The molecule has 1 fully saturated rings. The Balaban J connectivity index is 2.03. The normalized spacial score (nSPS) is 38.1. The summed E-state index contributed by atoms with van der Waals surface area (Å²) in [5, 5.41) is 3.60. The van der Waals surface area contributed by atoms with Crippen molar-refractivity contribution in [2.24, 2.45) is 11.8 Å². The van der Waals surface area contributed by atoms with E-state index in [9.17, 15) is 0 Å². The van der Waals surface area contributed by atoms with E-state index in [1.807, 2.05) is 0 Å². The van der Waals surface area contributed by atoms with E-state index in [4.69, 9.17) is 4.74 Å². The van der Waals surface area contributed by atoms with Crippen molar-refractivity contribution >= 4 is 0 Å². The molecule has 0 aromatic heterocycles. The molecule has 0 aliphatic carbocycles. The van der Waals surface area contributed by atoms with Gasteiger partial charge in [-0.1, -0.05) is 26.0 Å². The standard InChI is InChI=1S/C12H21NO/c1-9(2)11-12-10(8-13-11)6-4-3-5-7-14-12/h3,5,9-13H,4,6-8H2,1-2H3. The van der Waals surface area contributed by atoms with Crippen LogP contribution >= 0.6 is 0 Å². The molecule has 0 radical (unpaired) electrons. The molecule has 2 heterocycles. The van der Waals surface area contributed by atoms with E-state index in [1.165, 1.54) is 12.8 Å². The Labute approximate surface area is 86.7 Å². The molecular weight excluding hydrogens is 174 g/mol. The Kier molecular flexibility index (Phi) is 3.24. The number of rotatable bonds is 1. The van der Waals surface area contributed by atoms with Crippen LogP contribution in [0.1, 0.15) is 26.7 Å². The number of allylic oxidation sites excluding steroid dienone is 1. The minimum absolute atomic E-state index is 0.444. The lowest BCUT2D eigenvalue weighted by atomic mass is 9.91. The van der Waals surface area contributed by atoms with Crippen molar-refractivity contribution in [2.45, 2.75) is 38.8 Å². The van der Waals surface area contributed by atoms with Gasteiger partial charge in [0.15, 0.2) is 0 Å². The predicted molar refractivity (Wildman–Crippen MR) is 58.2 cm³/mol. The zero-order chi connectivity index (χ0) is 9.97. The maximum Gasteiger partial charge on any atom is 0.0775 e. The first-order chi connectivity index (χ1) is 6.79. The lowest BCUT2D eigenvalue weighted by Gasteiger charge is -2.27. The van der Waals surface area contributed by atoms with Crippen LogP contribution in [0.2, 0.25) is 0 Å². The van der Waals surface area contributed by atoms with Crippen molar-refractivity contribution in [3.05, 3.63) is 12.2 Å². The maximum absolute atomic E-state index is 5.93. The summed E-state index contributed by atoms with van der Waals surface area (Å²) in [5.41, 5.74) is 0. The maximum atomic E-state index is 5.93. The third-order valence-electron chi connectivity index (χ3n) is 3.41. The monoisotopic (exact) mass is 195 g/mol. The Morgan fingerprint density at radius 2 is 2.21 bits per heavy atom. The Morgan fingerprint density at radius 1 is 1.36 bits per heavy atom. The van der Waals surface area contributed by atoms with Gasteiger partial charge in [0.25, 0.3) is 0 Å². The summed E-state index contributed by atoms with van der Waals surface area (Å²) in [4.78, 5) is 0. The van der Waals surface area contributed by atoms with Gasteiger partial charge in [0.1, 0.15) is 0 Å². The number of hydrogen-bond donors (Lipinski definition) is 1. The molecule has 0 saturated carbocycles. The second-order valence-electron chi connectivity index (χ2n) is 4.78. The van der Waals surface area contributed by atoms with Crippen LogP contribution in [-0.4, -0.2) is 25.3 Å². The second-order valence-corrected chi connectivity index (χ2v) is 4.78. The summed E-state index contributed by atoms with van der Waals surface area (Å²) in [6.07, 6.45) is 7.35. The number of hydrogen-bond acceptors (Lipinski definition) is 2. The van der Waals surface area contributed by atoms with Crippen LogP contribution in [0.25, 0.3) is 0 Å². The lowest BCUT2D eigenvalue weighted by molar-refractivity contribution is 0.0211. The van der Waals surface area contributed by atoms with Gasteiger partial charge in [-0.05, 0) is 24.7 Å². The van der Waals surface area contributed by atoms with Gasteiger partial charge in [-0.15, -0.1) is 0 Å². The fourth-order valence-electron chi connectivity index (χ4n) is 2.60. The smallest absolute Gasteiger partial charge is 0.0775 e. The molecule has 0 bridgehead atoms. The van der Waals surface area contributed by atoms with Crippen molar-refractivity contribution in [3.63, 3.8) is 0 Å². The molecule has 2 aliphatic rings. The van der Waals surface area contributed by atoms with Gasteiger partial charge in [0.2, 0.25) is 0 Å². The lowest BCUT2D eigenvalue weighted by Crippen LogP contribution is -2.38. The molecule has 1 N–H and O–H groups in total. The second kappa shape index (κ2) is 4.45. The molecule has 2 heteroatoms. The topological polar surface area (TPSA) is 21.3 Å². The van der Waals surface area contributed by atoms with Crippen molar-refractivity contribution in [1.29, 1.82) is 0 Å². The SMILES string of the molecule is CC(C)C1NCC2CCC=CCOC21. The highest BCUT2D eigenvalue weighted by atomic mass is 16.5. The van der Waals surface area contributed by atoms with Crippen molar-refractivity contribution in [1.82, 2.24) is 5.32 Å².